The van der Waals surface area contributed by atoms with Gasteiger partial charge < -0.3 is 15.3 Å². The molecule has 1 aliphatic rings. The van der Waals surface area contributed by atoms with E-state index in [-0.39, 0.29) is 6.10 Å². The Balaban J connectivity index is 2.64. The number of likely N-dealkylation sites (N-methyl/N-ethyl adjacent to an activating group) is 1. The molecular formula is C18H38N2O. The van der Waals surface area contributed by atoms with Crippen LogP contribution < -0.4 is 5.32 Å². The first kappa shape index (κ1) is 18.9. The van der Waals surface area contributed by atoms with E-state index in [0.29, 0.717) is 17.4 Å². The van der Waals surface area contributed by atoms with Gasteiger partial charge in [0.05, 0.1) is 6.10 Å². The van der Waals surface area contributed by atoms with Crippen molar-refractivity contribution in [2.45, 2.75) is 72.4 Å². The van der Waals surface area contributed by atoms with E-state index < -0.39 is 0 Å². The zero-order valence-electron chi connectivity index (χ0n) is 15.2. The highest BCUT2D eigenvalue weighted by Crippen LogP contribution is 2.40. The number of aliphatic hydroxyl groups is 1. The van der Waals surface area contributed by atoms with Crippen molar-refractivity contribution in [2.24, 2.45) is 17.3 Å². The Labute approximate surface area is 132 Å². The minimum atomic E-state index is -0.237. The lowest BCUT2D eigenvalue weighted by Gasteiger charge is -2.43. The predicted octanol–water partition coefficient (Wildman–Crippen LogP) is 3.13. The molecule has 0 saturated heterocycles. The van der Waals surface area contributed by atoms with E-state index in [1.165, 1.54) is 25.7 Å². The number of hydrogen-bond donors (Lipinski definition) is 2. The van der Waals surface area contributed by atoms with Crippen molar-refractivity contribution in [3.05, 3.63) is 0 Å². The van der Waals surface area contributed by atoms with Crippen LogP contribution in [-0.2, 0) is 0 Å². The third kappa shape index (κ3) is 6.66. The average Bonchev–Trinajstić information content (AvgIpc) is 2.35. The maximum Gasteiger partial charge on any atom is 0.0638 e. The Morgan fingerprint density at radius 1 is 1.29 bits per heavy atom. The minimum Gasteiger partial charge on any atom is -0.392 e. The molecular weight excluding hydrogens is 260 g/mol. The molecule has 4 unspecified atom stereocenters. The number of rotatable bonds is 7. The van der Waals surface area contributed by atoms with Crippen molar-refractivity contribution < 1.29 is 5.11 Å². The Hall–Kier alpha value is -0.120. The van der Waals surface area contributed by atoms with Crippen LogP contribution in [0.1, 0.15) is 60.3 Å². The molecule has 2 N–H and O–H groups in total. The van der Waals surface area contributed by atoms with Crippen molar-refractivity contribution in [1.82, 2.24) is 10.2 Å². The molecule has 0 aromatic carbocycles. The number of hydrogen-bond acceptors (Lipinski definition) is 3. The largest absolute Gasteiger partial charge is 0.392 e. The first-order valence-corrected chi connectivity index (χ1v) is 8.84. The molecule has 1 fully saturated rings. The number of nitrogens with one attached hydrogen (secondary N) is 1. The van der Waals surface area contributed by atoms with Gasteiger partial charge in [-0.05, 0) is 63.5 Å². The topological polar surface area (TPSA) is 35.5 Å². The summed E-state index contributed by atoms with van der Waals surface area (Å²) in [4.78, 5) is 2.31. The van der Waals surface area contributed by atoms with Gasteiger partial charge in [0.15, 0.2) is 0 Å². The van der Waals surface area contributed by atoms with Crippen LogP contribution in [-0.4, -0.2) is 48.8 Å². The molecule has 0 radical (unpaired) electrons. The van der Waals surface area contributed by atoms with E-state index in [9.17, 15) is 5.11 Å². The van der Waals surface area contributed by atoms with Crippen LogP contribution in [0.4, 0.5) is 0 Å². The Bertz CT molecular complexity index is 285. The molecule has 1 rings (SSSR count). The Kier molecular flexibility index (Phi) is 7.66. The molecule has 0 amide bonds. The van der Waals surface area contributed by atoms with Crippen LogP contribution in [0.25, 0.3) is 0 Å². The van der Waals surface area contributed by atoms with E-state index in [2.05, 4.69) is 45.0 Å². The van der Waals surface area contributed by atoms with Crippen LogP contribution in [0, 0.1) is 17.3 Å². The maximum atomic E-state index is 9.58. The summed E-state index contributed by atoms with van der Waals surface area (Å²) in [5.74, 6) is 1.53. The third-order valence-electron chi connectivity index (χ3n) is 4.99. The van der Waals surface area contributed by atoms with Gasteiger partial charge in [0.1, 0.15) is 0 Å². The molecule has 126 valence electrons. The van der Waals surface area contributed by atoms with Gasteiger partial charge in [-0.2, -0.15) is 0 Å². The van der Waals surface area contributed by atoms with E-state index in [4.69, 9.17) is 0 Å². The third-order valence-corrected chi connectivity index (χ3v) is 4.99. The molecule has 1 saturated carbocycles. The Morgan fingerprint density at radius 3 is 2.48 bits per heavy atom. The first-order valence-electron chi connectivity index (χ1n) is 8.84. The lowest BCUT2D eigenvalue weighted by atomic mass is 9.67. The van der Waals surface area contributed by atoms with Crippen LogP contribution in [0.15, 0.2) is 0 Å². The van der Waals surface area contributed by atoms with Gasteiger partial charge in [-0.15, -0.1) is 0 Å². The highest BCUT2D eigenvalue weighted by Gasteiger charge is 2.35. The van der Waals surface area contributed by atoms with Crippen LogP contribution >= 0.6 is 0 Å². The highest BCUT2D eigenvalue weighted by atomic mass is 16.3. The van der Waals surface area contributed by atoms with E-state index in [1.54, 1.807) is 0 Å². The monoisotopic (exact) mass is 298 g/mol. The molecule has 0 bridgehead atoms. The summed E-state index contributed by atoms with van der Waals surface area (Å²) in [6, 6.07) is 0.653. The van der Waals surface area contributed by atoms with Crippen LogP contribution in [0.2, 0.25) is 0 Å². The minimum absolute atomic E-state index is 0.237. The molecule has 0 aromatic heterocycles. The molecule has 3 nitrogen and oxygen atoms in total. The summed E-state index contributed by atoms with van der Waals surface area (Å²) in [6.07, 6.45) is 4.93. The summed E-state index contributed by atoms with van der Waals surface area (Å²) in [6.45, 7) is 14.3. The standard InChI is InChI=1S/C18H38N2O/c1-7-10-19-17-9-8-16(18(3,4)5)11-15(17)13-20(6)12-14(2)21/h14-17,19,21H,7-13H2,1-6H3. The van der Waals surface area contributed by atoms with Crippen LogP contribution in [0.3, 0.4) is 0 Å². The fourth-order valence-corrected chi connectivity index (χ4v) is 3.78. The molecule has 4 atom stereocenters. The summed E-state index contributed by atoms with van der Waals surface area (Å²) in [5.41, 5.74) is 0.414. The van der Waals surface area contributed by atoms with Gasteiger partial charge in [-0.25, -0.2) is 0 Å². The van der Waals surface area contributed by atoms with Gasteiger partial charge in [-0.1, -0.05) is 27.7 Å². The molecule has 0 spiro atoms. The van der Waals surface area contributed by atoms with Gasteiger partial charge >= 0.3 is 0 Å². The molecule has 3 heteroatoms. The van der Waals surface area contributed by atoms with Crippen molar-refractivity contribution in [3.8, 4) is 0 Å². The van der Waals surface area contributed by atoms with E-state index >= 15 is 0 Å². The number of nitrogens with zero attached hydrogens (tertiary/aromatic N) is 1. The predicted molar refractivity (Wildman–Crippen MR) is 91.5 cm³/mol. The zero-order chi connectivity index (χ0) is 16.0. The summed E-state index contributed by atoms with van der Waals surface area (Å²) >= 11 is 0. The molecule has 21 heavy (non-hydrogen) atoms. The summed E-state index contributed by atoms with van der Waals surface area (Å²) in [5, 5.41) is 13.3. The number of aliphatic hydroxyl groups excluding tert-OH is 1. The smallest absolute Gasteiger partial charge is 0.0638 e. The van der Waals surface area contributed by atoms with Crippen molar-refractivity contribution in [3.63, 3.8) is 0 Å². The van der Waals surface area contributed by atoms with Crippen LogP contribution in [0.5, 0.6) is 0 Å². The maximum absolute atomic E-state index is 9.58. The lowest BCUT2D eigenvalue weighted by molar-refractivity contribution is 0.0772. The first-order chi connectivity index (χ1) is 9.74. The quantitative estimate of drug-likeness (QED) is 0.758. The van der Waals surface area contributed by atoms with Crippen molar-refractivity contribution in [1.29, 1.82) is 0 Å². The SMILES string of the molecule is CCCNC1CCC(C(C)(C)C)CC1CN(C)CC(C)O. The van der Waals surface area contributed by atoms with E-state index in [1.807, 2.05) is 6.92 Å². The van der Waals surface area contributed by atoms with Gasteiger partial charge in [-0.3, -0.25) is 0 Å². The second kappa shape index (κ2) is 8.50. The summed E-state index contributed by atoms with van der Waals surface area (Å²) < 4.78 is 0. The zero-order valence-corrected chi connectivity index (χ0v) is 15.2. The van der Waals surface area contributed by atoms with Crippen molar-refractivity contribution in [2.75, 3.05) is 26.7 Å². The van der Waals surface area contributed by atoms with E-state index in [0.717, 1.165) is 25.6 Å². The lowest BCUT2D eigenvalue weighted by Crippen LogP contribution is -2.47. The Morgan fingerprint density at radius 2 is 1.95 bits per heavy atom. The van der Waals surface area contributed by atoms with Gasteiger partial charge in [0.2, 0.25) is 0 Å². The second-order valence-electron chi connectivity index (χ2n) is 8.27. The fraction of sp³-hybridized carbons (Fsp3) is 1.00. The molecule has 0 aromatic rings. The highest BCUT2D eigenvalue weighted by molar-refractivity contribution is 4.90. The fourth-order valence-electron chi connectivity index (χ4n) is 3.78. The second-order valence-corrected chi connectivity index (χ2v) is 8.27. The average molecular weight is 299 g/mol. The molecule has 1 aliphatic carbocycles. The molecule has 0 heterocycles. The molecule has 0 aliphatic heterocycles. The summed E-state index contributed by atoms with van der Waals surface area (Å²) in [7, 11) is 2.14. The normalized spacial score (nSPS) is 28.9. The van der Waals surface area contributed by atoms with Gasteiger partial charge in [0.25, 0.3) is 0 Å². The van der Waals surface area contributed by atoms with Gasteiger partial charge in [0, 0.05) is 19.1 Å². The van der Waals surface area contributed by atoms with Crippen molar-refractivity contribution >= 4 is 0 Å².